The molecule has 0 aliphatic carbocycles. The summed E-state index contributed by atoms with van der Waals surface area (Å²) in [5.41, 5.74) is 0.832. The van der Waals surface area contributed by atoms with Crippen molar-refractivity contribution in [2.24, 2.45) is 5.92 Å². The highest BCUT2D eigenvalue weighted by atomic mass is 32.1. The number of nitrogens with one attached hydrogen (secondary N) is 1. The third kappa shape index (κ3) is 6.18. The molecule has 2 atom stereocenters. The number of hydrogen-bond acceptors (Lipinski definition) is 4. The maximum absolute atomic E-state index is 11.7. The lowest BCUT2D eigenvalue weighted by Crippen LogP contribution is -2.37. The van der Waals surface area contributed by atoms with Gasteiger partial charge in [-0.3, -0.25) is 4.79 Å². The fraction of sp³-hybridized carbons (Fsp3) is 0.643. The van der Waals surface area contributed by atoms with Gasteiger partial charge >= 0.3 is 0 Å². The van der Waals surface area contributed by atoms with Gasteiger partial charge in [-0.1, -0.05) is 13.8 Å². The number of rotatable bonds is 8. The quantitative estimate of drug-likeness (QED) is 0.771. The number of carbonyl (C=O) groups is 1. The van der Waals surface area contributed by atoms with Gasteiger partial charge in [0.15, 0.2) is 0 Å². The molecule has 2 N–H and O–H groups in total. The van der Waals surface area contributed by atoms with Gasteiger partial charge < -0.3 is 15.2 Å². The summed E-state index contributed by atoms with van der Waals surface area (Å²) in [6.07, 6.45) is -0.193. The van der Waals surface area contributed by atoms with E-state index in [4.69, 9.17) is 4.74 Å². The van der Waals surface area contributed by atoms with E-state index >= 15 is 0 Å². The Labute approximate surface area is 118 Å². The molecule has 0 aliphatic heterocycles. The Kier molecular flexibility index (Phi) is 7.05. The van der Waals surface area contributed by atoms with Gasteiger partial charge in [0.25, 0.3) is 0 Å². The molecule has 19 heavy (non-hydrogen) atoms. The zero-order chi connectivity index (χ0) is 14.3. The smallest absolute Gasteiger partial charge is 0.248 e. The third-order valence-electron chi connectivity index (χ3n) is 2.83. The first-order chi connectivity index (χ1) is 9.00. The number of ether oxygens (including phenoxy) is 1. The van der Waals surface area contributed by atoms with Crippen molar-refractivity contribution in [1.29, 1.82) is 0 Å². The average Bonchev–Trinajstić information content (AvgIpc) is 2.88. The number of amides is 1. The van der Waals surface area contributed by atoms with Crippen molar-refractivity contribution < 1.29 is 14.6 Å². The summed E-state index contributed by atoms with van der Waals surface area (Å²) in [6, 6.07) is 1.85. The van der Waals surface area contributed by atoms with Gasteiger partial charge in [-0.2, -0.15) is 11.3 Å². The highest BCUT2D eigenvalue weighted by molar-refractivity contribution is 7.07. The molecule has 1 rings (SSSR count). The van der Waals surface area contributed by atoms with Crippen molar-refractivity contribution in [3.63, 3.8) is 0 Å². The van der Waals surface area contributed by atoms with Gasteiger partial charge in [0.05, 0.1) is 6.10 Å². The molecule has 1 aromatic heterocycles. The first-order valence-electron chi connectivity index (χ1n) is 6.60. The van der Waals surface area contributed by atoms with Crippen LogP contribution in [-0.2, 0) is 9.53 Å². The second-order valence-electron chi connectivity index (χ2n) is 5.01. The lowest BCUT2D eigenvalue weighted by atomic mass is 10.1. The van der Waals surface area contributed by atoms with E-state index in [0.29, 0.717) is 12.5 Å². The molecular formula is C14H23NO3S. The minimum Gasteiger partial charge on any atom is -0.387 e. The van der Waals surface area contributed by atoms with Crippen LogP contribution in [-0.4, -0.2) is 30.3 Å². The molecule has 0 radical (unpaired) electrons. The van der Waals surface area contributed by atoms with Crippen LogP contribution in [0.4, 0.5) is 0 Å². The summed E-state index contributed by atoms with van der Waals surface area (Å²) in [5, 5.41) is 16.3. The Morgan fingerprint density at radius 2 is 2.21 bits per heavy atom. The molecule has 2 unspecified atom stereocenters. The van der Waals surface area contributed by atoms with Crippen LogP contribution in [0.1, 0.15) is 38.9 Å². The number of carbonyl (C=O) groups excluding carboxylic acids is 1. The van der Waals surface area contributed by atoms with E-state index in [1.807, 2.05) is 16.8 Å². The van der Waals surface area contributed by atoms with Crippen LogP contribution >= 0.6 is 11.3 Å². The third-order valence-corrected chi connectivity index (χ3v) is 3.53. The van der Waals surface area contributed by atoms with E-state index in [-0.39, 0.29) is 12.5 Å². The molecule has 1 amide bonds. The van der Waals surface area contributed by atoms with E-state index in [0.717, 1.165) is 12.0 Å². The summed E-state index contributed by atoms with van der Waals surface area (Å²) in [6.45, 7) is 6.76. The lowest BCUT2D eigenvalue weighted by molar-refractivity contribution is -0.132. The summed E-state index contributed by atoms with van der Waals surface area (Å²) >= 11 is 1.52. The van der Waals surface area contributed by atoms with Crippen LogP contribution in [0, 0.1) is 5.92 Å². The van der Waals surface area contributed by atoms with Crippen molar-refractivity contribution in [2.75, 3.05) is 13.2 Å². The fourth-order valence-corrected chi connectivity index (χ4v) is 2.19. The van der Waals surface area contributed by atoms with E-state index < -0.39 is 12.2 Å². The molecule has 1 aromatic rings. The van der Waals surface area contributed by atoms with Crippen LogP contribution in [0.25, 0.3) is 0 Å². The Hall–Kier alpha value is -0.910. The van der Waals surface area contributed by atoms with Crippen molar-refractivity contribution in [3.8, 4) is 0 Å². The number of hydrogen-bond donors (Lipinski definition) is 2. The highest BCUT2D eigenvalue weighted by Crippen LogP contribution is 2.15. The molecule has 108 valence electrons. The van der Waals surface area contributed by atoms with E-state index in [2.05, 4.69) is 19.2 Å². The van der Waals surface area contributed by atoms with Crippen LogP contribution in [0.5, 0.6) is 0 Å². The maximum atomic E-state index is 11.7. The lowest BCUT2D eigenvalue weighted by Gasteiger charge is -2.16. The largest absolute Gasteiger partial charge is 0.387 e. The normalized spacial score (nSPS) is 14.4. The van der Waals surface area contributed by atoms with Gasteiger partial charge in [-0.15, -0.1) is 0 Å². The molecule has 0 spiro atoms. The van der Waals surface area contributed by atoms with Crippen molar-refractivity contribution in [1.82, 2.24) is 5.32 Å². The summed E-state index contributed by atoms with van der Waals surface area (Å²) in [7, 11) is 0. The van der Waals surface area contributed by atoms with E-state index in [1.165, 1.54) is 11.3 Å². The zero-order valence-electron chi connectivity index (χ0n) is 11.8. The highest BCUT2D eigenvalue weighted by Gasteiger charge is 2.15. The van der Waals surface area contributed by atoms with Crippen LogP contribution < -0.4 is 5.32 Å². The second-order valence-corrected chi connectivity index (χ2v) is 5.79. The van der Waals surface area contributed by atoms with Crippen LogP contribution in [0.3, 0.4) is 0 Å². The average molecular weight is 285 g/mol. The standard InChI is InChI=1S/C14H23NO3S/c1-10(2)4-6-18-11(3)14(17)15-8-13(16)12-5-7-19-9-12/h5,7,9-11,13,16H,4,6,8H2,1-3H3,(H,15,17). The van der Waals surface area contributed by atoms with Crippen LogP contribution in [0.15, 0.2) is 16.8 Å². The van der Waals surface area contributed by atoms with Crippen molar-refractivity contribution in [2.45, 2.75) is 39.4 Å². The van der Waals surface area contributed by atoms with Gasteiger partial charge in [0.1, 0.15) is 6.10 Å². The monoisotopic (exact) mass is 285 g/mol. The molecule has 0 fully saturated rings. The minimum absolute atomic E-state index is 0.182. The molecule has 5 heteroatoms. The molecule has 0 saturated heterocycles. The Morgan fingerprint density at radius 3 is 2.79 bits per heavy atom. The number of aliphatic hydroxyl groups excluding tert-OH is 1. The van der Waals surface area contributed by atoms with Gasteiger partial charge in [0.2, 0.25) is 5.91 Å². The van der Waals surface area contributed by atoms with E-state index in [1.54, 1.807) is 6.92 Å². The minimum atomic E-state index is -0.655. The number of thiophene rings is 1. The van der Waals surface area contributed by atoms with Gasteiger partial charge in [-0.05, 0) is 41.7 Å². The second kappa shape index (κ2) is 8.30. The van der Waals surface area contributed by atoms with Crippen LogP contribution in [0.2, 0.25) is 0 Å². The molecule has 0 bridgehead atoms. The first-order valence-corrected chi connectivity index (χ1v) is 7.54. The summed E-state index contributed by atoms with van der Waals surface area (Å²) in [4.78, 5) is 11.7. The topological polar surface area (TPSA) is 58.6 Å². The van der Waals surface area contributed by atoms with E-state index in [9.17, 15) is 9.90 Å². The fourth-order valence-electron chi connectivity index (χ4n) is 1.48. The van der Waals surface area contributed by atoms with Crippen molar-refractivity contribution in [3.05, 3.63) is 22.4 Å². The van der Waals surface area contributed by atoms with Gasteiger partial charge in [0, 0.05) is 13.2 Å². The molecular weight excluding hydrogens is 262 g/mol. The SMILES string of the molecule is CC(C)CCOC(C)C(=O)NCC(O)c1ccsc1. The molecule has 0 aromatic carbocycles. The predicted octanol–water partition coefficient (Wildman–Crippen LogP) is 2.35. The molecule has 0 saturated carbocycles. The van der Waals surface area contributed by atoms with Gasteiger partial charge in [-0.25, -0.2) is 0 Å². The van der Waals surface area contributed by atoms with Crippen molar-refractivity contribution >= 4 is 17.2 Å². The Bertz CT molecular complexity index is 365. The number of aliphatic hydroxyl groups is 1. The summed E-state index contributed by atoms with van der Waals surface area (Å²) in [5.74, 6) is 0.383. The maximum Gasteiger partial charge on any atom is 0.248 e. The Balaban J connectivity index is 2.23. The predicted molar refractivity (Wildman–Crippen MR) is 77.2 cm³/mol. The molecule has 4 nitrogen and oxygen atoms in total. The molecule has 1 heterocycles. The Morgan fingerprint density at radius 1 is 1.47 bits per heavy atom. The first kappa shape index (κ1) is 16.1. The summed E-state index contributed by atoms with van der Waals surface area (Å²) < 4.78 is 5.45. The molecule has 0 aliphatic rings. The zero-order valence-corrected chi connectivity index (χ0v) is 12.6.